The summed E-state index contributed by atoms with van der Waals surface area (Å²) in [7, 11) is 0. The van der Waals surface area contributed by atoms with Crippen molar-refractivity contribution in [3.05, 3.63) is 41.6 Å². The number of nitriles is 1. The molecule has 1 N–H and O–H groups in total. The van der Waals surface area contributed by atoms with Crippen LogP contribution in [0.5, 0.6) is 0 Å². The molecule has 0 aliphatic rings. The number of aromatic nitrogens is 2. The van der Waals surface area contributed by atoms with Crippen LogP contribution in [0.4, 0.5) is 0 Å². The molecule has 0 unspecified atom stereocenters. The largest absolute Gasteiger partial charge is 0.455 e. The van der Waals surface area contributed by atoms with Gasteiger partial charge in [0.25, 0.3) is 0 Å². The van der Waals surface area contributed by atoms with E-state index >= 15 is 0 Å². The molecule has 0 aliphatic carbocycles. The molecule has 0 aliphatic heterocycles. The normalized spacial score (nSPS) is 10.9. The van der Waals surface area contributed by atoms with Crippen LogP contribution in [0.1, 0.15) is 36.8 Å². The van der Waals surface area contributed by atoms with E-state index in [1.165, 1.54) is 0 Å². The monoisotopic (exact) mass is 269 g/mol. The van der Waals surface area contributed by atoms with Gasteiger partial charge in [-0.2, -0.15) is 10.4 Å². The van der Waals surface area contributed by atoms with Crippen LogP contribution in [0.3, 0.4) is 0 Å². The second kappa shape index (κ2) is 5.17. The number of hydrogen-bond donors (Lipinski definition) is 1. The highest BCUT2D eigenvalue weighted by Gasteiger charge is 2.19. The molecule has 0 radical (unpaired) electrons. The van der Waals surface area contributed by atoms with Gasteiger partial charge in [-0.25, -0.2) is 4.79 Å². The fourth-order valence-electron chi connectivity index (χ4n) is 1.62. The lowest BCUT2D eigenvalue weighted by atomic mass is 10.1. The van der Waals surface area contributed by atoms with Crippen molar-refractivity contribution < 1.29 is 9.53 Å². The Morgan fingerprint density at radius 3 is 2.50 bits per heavy atom. The van der Waals surface area contributed by atoms with Crippen molar-refractivity contribution in [1.29, 1.82) is 5.26 Å². The third-order valence-corrected chi connectivity index (χ3v) is 2.51. The molecule has 0 fully saturated rings. The molecular formula is C15H15N3O2. The van der Waals surface area contributed by atoms with Crippen LogP contribution in [-0.4, -0.2) is 21.8 Å². The maximum absolute atomic E-state index is 11.9. The minimum Gasteiger partial charge on any atom is -0.455 e. The van der Waals surface area contributed by atoms with Crippen molar-refractivity contribution in [2.75, 3.05) is 0 Å². The summed E-state index contributed by atoms with van der Waals surface area (Å²) in [5, 5.41) is 15.5. The molecule has 2 aromatic rings. The van der Waals surface area contributed by atoms with Gasteiger partial charge in [0.05, 0.1) is 17.3 Å². The molecule has 20 heavy (non-hydrogen) atoms. The predicted molar refractivity (Wildman–Crippen MR) is 73.9 cm³/mol. The Morgan fingerprint density at radius 1 is 1.30 bits per heavy atom. The van der Waals surface area contributed by atoms with E-state index in [1.54, 1.807) is 30.3 Å². The zero-order chi connectivity index (χ0) is 14.8. The fraction of sp³-hybridized carbons (Fsp3) is 0.267. The highest BCUT2D eigenvalue weighted by atomic mass is 16.6. The number of hydrogen-bond acceptors (Lipinski definition) is 4. The van der Waals surface area contributed by atoms with Crippen molar-refractivity contribution in [2.24, 2.45) is 0 Å². The quantitative estimate of drug-likeness (QED) is 0.850. The van der Waals surface area contributed by atoms with Crippen molar-refractivity contribution in [3.63, 3.8) is 0 Å². The van der Waals surface area contributed by atoms with E-state index in [4.69, 9.17) is 10.00 Å². The first-order chi connectivity index (χ1) is 9.39. The highest BCUT2D eigenvalue weighted by molar-refractivity contribution is 5.88. The average molecular weight is 269 g/mol. The molecule has 0 saturated heterocycles. The number of H-pyrrole nitrogens is 1. The molecule has 1 aromatic carbocycles. The topological polar surface area (TPSA) is 78.8 Å². The number of nitrogens with zero attached hydrogens (tertiary/aromatic N) is 2. The van der Waals surface area contributed by atoms with Crippen LogP contribution < -0.4 is 0 Å². The number of esters is 1. The second-order valence-corrected chi connectivity index (χ2v) is 5.36. The van der Waals surface area contributed by atoms with Crippen molar-refractivity contribution >= 4 is 5.97 Å². The van der Waals surface area contributed by atoms with Crippen molar-refractivity contribution in [3.8, 4) is 17.3 Å². The Labute approximate surface area is 117 Å². The van der Waals surface area contributed by atoms with Gasteiger partial charge in [0, 0.05) is 5.56 Å². The molecule has 0 bridgehead atoms. The van der Waals surface area contributed by atoms with Gasteiger partial charge in [-0.1, -0.05) is 12.1 Å². The van der Waals surface area contributed by atoms with Gasteiger partial charge in [-0.15, -0.1) is 0 Å². The van der Waals surface area contributed by atoms with Gasteiger partial charge in [-0.05, 0) is 39.0 Å². The van der Waals surface area contributed by atoms with Crippen molar-refractivity contribution in [1.82, 2.24) is 10.2 Å². The Kier molecular flexibility index (Phi) is 3.57. The minimum absolute atomic E-state index is 0.305. The van der Waals surface area contributed by atoms with E-state index in [9.17, 15) is 4.79 Å². The molecule has 2 rings (SSSR count). The van der Waals surface area contributed by atoms with E-state index < -0.39 is 11.6 Å². The number of carbonyl (C=O) groups is 1. The fourth-order valence-corrected chi connectivity index (χ4v) is 1.62. The van der Waals surface area contributed by atoms with E-state index in [0.717, 1.165) is 5.56 Å². The third-order valence-electron chi connectivity index (χ3n) is 2.51. The van der Waals surface area contributed by atoms with Gasteiger partial charge in [0.15, 0.2) is 0 Å². The summed E-state index contributed by atoms with van der Waals surface area (Å²) in [6, 6.07) is 10.7. The highest BCUT2D eigenvalue weighted by Crippen LogP contribution is 2.19. The summed E-state index contributed by atoms with van der Waals surface area (Å²) in [5.41, 5.74) is 1.80. The maximum atomic E-state index is 11.9. The molecule has 0 atom stereocenters. The van der Waals surface area contributed by atoms with Gasteiger partial charge in [0.2, 0.25) is 0 Å². The average Bonchev–Trinajstić information content (AvgIpc) is 2.86. The summed E-state index contributed by atoms with van der Waals surface area (Å²) in [6.45, 7) is 5.42. The lowest BCUT2D eigenvalue weighted by molar-refractivity contribution is 0.00628. The number of aromatic amines is 1. The van der Waals surface area contributed by atoms with E-state index in [0.29, 0.717) is 17.0 Å². The SMILES string of the molecule is CC(C)(C)OC(=O)c1cc(-c2ccc(C#N)cc2)n[nH]1. The Hall–Kier alpha value is -2.61. The van der Waals surface area contributed by atoms with Gasteiger partial charge in [-0.3, -0.25) is 5.10 Å². The number of benzene rings is 1. The molecule has 1 heterocycles. The molecule has 102 valence electrons. The first-order valence-corrected chi connectivity index (χ1v) is 6.18. The summed E-state index contributed by atoms with van der Waals surface area (Å²) in [5.74, 6) is -0.440. The Bertz CT molecular complexity index is 658. The Morgan fingerprint density at radius 2 is 1.95 bits per heavy atom. The first kappa shape index (κ1) is 13.8. The van der Waals surface area contributed by atoms with E-state index in [2.05, 4.69) is 16.3 Å². The summed E-state index contributed by atoms with van der Waals surface area (Å²) in [6.07, 6.45) is 0. The van der Waals surface area contributed by atoms with Gasteiger partial charge < -0.3 is 4.74 Å². The number of carbonyl (C=O) groups excluding carboxylic acids is 1. The van der Waals surface area contributed by atoms with Crippen LogP contribution in [0.25, 0.3) is 11.3 Å². The van der Waals surface area contributed by atoms with Gasteiger partial charge >= 0.3 is 5.97 Å². The van der Waals surface area contributed by atoms with Crippen molar-refractivity contribution in [2.45, 2.75) is 26.4 Å². The molecule has 0 saturated carbocycles. The first-order valence-electron chi connectivity index (χ1n) is 6.18. The van der Waals surface area contributed by atoms with Crippen LogP contribution in [0.2, 0.25) is 0 Å². The van der Waals surface area contributed by atoms with E-state index in [1.807, 2.05) is 20.8 Å². The molecular weight excluding hydrogens is 254 g/mol. The molecule has 0 spiro atoms. The molecule has 1 aromatic heterocycles. The van der Waals surface area contributed by atoms with Crippen LogP contribution in [0, 0.1) is 11.3 Å². The molecule has 5 nitrogen and oxygen atoms in total. The number of nitrogens with one attached hydrogen (secondary N) is 1. The summed E-state index contributed by atoms with van der Waals surface area (Å²) >= 11 is 0. The minimum atomic E-state index is -0.545. The number of ether oxygens (including phenoxy) is 1. The lowest BCUT2D eigenvalue weighted by Crippen LogP contribution is -2.24. The third kappa shape index (κ3) is 3.23. The maximum Gasteiger partial charge on any atom is 0.356 e. The Balaban J connectivity index is 2.20. The number of rotatable bonds is 2. The summed E-state index contributed by atoms with van der Waals surface area (Å²) in [4.78, 5) is 11.9. The zero-order valence-corrected chi connectivity index (χ0v) is 11.6. The smallest absolute Gasteiger partial charge is 0.356 e. The second-order valence-electron chi connectivity index (χ2n) is 5.36. The zero-order valence-electron chi connectivity index (χ0n) is 11.6. The lowest BCUT2D eigenvalue weighted by Gasteiger charge is -2.18. The van der Waals surface area contributed by atoms with E-state index in [-0.39, 0.29) is 0 Å². The van der Waals surface area contributed by atoms with Gasteiger partial charge in [0.1, 0.15) is 11.3 Å². The van der Waals surface area contributed by atoms with Crippen LogP contribution in [-0.2, 0) is 4.74 Å². The van der Waals surface area contributed by atoms with Crippen LogP contribution in [0.15, 0.2) is 30.3 Å². The standard InChI is InChI=1S/C15H15N3O2/c1-15(2,3)20-14(19)13-8-12(17-18-13)11-6-4-10(9-16)5-7-11/h4-8H,1-3H3,(H,17,18). The molecule has 5 heteroatoms. The predicted octanol–water partition coefficient (Wildman–Crippen LogP) is 2.90. The summed E-state index contributed by atoms with van der Waals surface area (Å²) < 4.78 is 5.26. The molecule has 0 amide bonds. The van der Waals surface area contributed by atoms with Crippen LogP contribution >= 0.6 is 0 Å².